The maximum absolute atomic E-state index is 12.2. The second-order valence-electron chi connectivity index (χ2n) is 6.03. The number of hydrogen-bond donors (Lipinski definition) is 1. The minimum atomic E-state index is -3.01. The zero-order valence-corrected chi connectivity index (χ0v) is 15.1. The maximum Gasteiger partial charge on any atom is 0.263 e. The van der Waals surface area contributed by atoms with Crippen LogP contribution in [0.5, 0.6) is 0 Å². The van der Waals surface area contributed by atoms with Gasteiger partial charge >= 0.3 is 0 Å². The first-order valence-corrected chi connectivity index (χ1v) is 10.2. The second-order valence-corrected chi connectivity index (χ2v) is 8.26. The Morgan fingerprint density at radius 2 is 2.12 bits per heavy atom. The van der Waals surface area contributed by atoms with Crippen LogP contribution in [0.15, 0.2) is 42.1 Å². The van der Waals surface area contributed by atoms with Gasteiger partial charge in [0.1, 0.15) is 11.6 Å². The molecule has 2 rings (SSSR count). The van der Waals surface area contributed by atoms with Crippen molar-refractivity contribution in [3.63, 3.8) is 0 Å². The highest BCUT2D eigenvalue weighted by molar-refractivity contribution is 7.91. The lowest BCUT2D eigenvalue weighted by Crippen LogP contribution is -2.34. The van der Waals surface area contributed by atoms with Gasteiger partial charge in [-0.15, -0.1) is 0 Å². The molecule has 1 aliphatic heterocycles. The molecule has 1 fully saturated rings. The molecule has 1 amide bonds. The number of nitriles is 1. The molecule has 0 radical (unpaired) electrons. The summed E-state index contributed by atoms with van der Waals surface area (Å²) in [6.45, 7) is 2.86. The number of rotatable bonds is 7. The van der Waals surface area contributed by atoms with Gasteiger partial charge in [-0.25, -0.2) is 8.42 Å². The van der Waals surface area contributed by atoms with E-state index < -0.39 is 15.7 Å². The van der Waals surface area contributed by atoms with Gasteiger partial charge in [0.15, 0.2) is 9.84 Å². The smallest absolute Gasteiger partial charge is 0.263 e. The third-order valence-electron chi connectivity index (χ3n) is 4.24. The average molecular weight is 361 g/mol. The number of carbonyl (C=O) groups excluding carboxylic acids is 1. The number of amides is 1. The SMILES string of the molecule is CCN(/C=C(/C#N)C(=O)NCCc1ccccc1)C1CCS(=O)(=O)C1. The molecule has 1 unspecified atom stereocenters. The van der Waals surface area contributed by atoms with Crippen molar-refractivity contribution in [3.8, 4) is 6.07 Å². The molecular formula is C18H23N3O3S. The Morgan fingerprint density at radius 1 is 1.40 bits per heavy atom. The molecule has 25 heavy (non-hydrogen) atoms. The highest BCUT2D eigenvalue weighted by Gasteiger charge is 2.31. The second kappa shape index (κ2) is 8.67. The van der Waals surface area contributed by atoms with E-state index in [1.807, 2.05) is 43.3 Å². The number of benzene rings is 1. The van der Waals surface area contributed by atoms with Crippen LogP contribution in [-0.2, 0) is 21.1 Å². The van der Waals surface area contributed by atoms with E-state index in [4.69, 9.17) is 0 Å². The van der Waals surface area contributed by atoms with Crippen LogP contribution in [-0.4, -0.2) is 49.9 Å². The third kappa shape index (κ3) is 5.61. The molecular weight excluding hydrogens is 338 g/mol. The summed E-state index contributed by atoms with van der Waals surface area (Å²) in [4.78, 5) is 14.0. The molecule has 1 heterocycles. The van der Waals surface area contributed by atoms with E-state index in [-0.39, 0.29) is 23.1 Å². The van der Waals surface area contributed by atoms with Crippen LogP contribution in [0.25, 0.3) is 0 Å². The summed E-state index contributed by atoms with van der Waals surface area (Å²) in [6.07, 6.45) is 2.70. The van der Waals surface area contributed by atoms with E-state index in [0.717, 1.165) is 5.56 Å². The largest absolute Gasteiger partial charge is 0.372 e. The van der Waals surface area contributed by atoms with E-state index in [1.165, 1.54) is 6.20 Å². The molecule has 7 heteroatoms. The number of nitrogens with one attached hydrogen (secondary N) is 1. The minimum absolute atomic E-state index is 0.000732. The molecule has 0 bridgehead atoms. The van der Waals surface area contributed by atoms with Crippen molar-refractivity contribution >= 4 is 15.7 Å². The molecule has 1 aromatic carbocycles. The molecule has 0 saturated carbocycles. The Balaban J connectivity index is 1.95. The highest BCUT2D eigenvalue weighted by Crippen LogP contribution is 2.18. The average Bonchev–Trinajstić information content (AvgIpc) is 2.96. The predicted molar refractivity (Wildman–Crippen MR) is 96.3 cm³/mol. The van der Waals surface area contributed by atoms with Gasteiger partial charge in [0, 0.05) is 25.3 Å². The van der Waals surface area contributed by atoms with Crippen molar-refractivity contribution in [2.75, 3.05) is 24.6 Å². The van der Waals surface area contributed by atoms with E-state index in [0.29, 0.717) is 25.9 Å². The lowest BCUT2D eigenvalue weighted by molar-refractivity contribution is -0.117. The summed E-state index contributed by atoms with van der Waals surface area (Å²) in [5, 5.41) is 12.0. The van der Waals surface area contributed by atoms with Crippen molar-refractivity contribution in [2.45, 2.75) is 25.8 Å². The van der Waals surface area contributed by atoms with Crippen molar-refractivity contribution in [3.05, 3.63) is 47.7 Å². The molecule has 1 aliphatic rings. The standard InChI is InChI=1S/C18H23N3O3S/c1-2-21(17-9-11-25(23,24)14-17)13-16(12-19)18(22)20-10-8-15-6-4-3-5-7-15/h3-7,13,17H,2,8-11,14H2,1H3,(H,20,22)/b16-13-. The quantitative estimate of drug-likeness (QED) is 0.583. The molecule has 1 saturated heterocycles. The number of nitrogens with zero attached hydrogens (tertiary/aromatic N) is 2. The Labute approximate surface area is 149 Å². The van der Waals surface area contributed by atoms with Gasteiger partial charge in [-0.2, -0.15) is 5.26 Å². The van der Waals surface area contributed by atoms with E-state index >= 15 is 0 Å². The summed E-state index contributed by atoms with van der Waals surface area (Å²) >= 11 is 0. The van der Waals surface area contributed by atoms with Gasteiger partial charge in [-0.1, -0.05) is 30.3 Å². The third-order valence-corrected chi connectivity index (χ3v) is 5.99. The Morgan fingerprint density at radius 3 is 2.68 bits per heavy atom. The fraction of sp³-hybridized carbons (Fsp3) is 0.444. The summed E-state index contributed by atoms with van der Waals surface area (Å²) in [6, 6.07) is 11.5. The van der Waals surface area contributed by atoms with E-state index in [2.05, 4.69) is 5.32 Å². The van der Waals surface area contributed by atoms with Crippen LogP contribution in [0.3, 0.4) is 0 Å². The first kappa shape index (κ1) is 19.0. The topological polar surface area (TPSA) is 90.3 Å². The van der Waals surface area contributed by atoms with Gasteiger partial charge in [-0.3, -0.25) is 4.79 Å². The lowest BCUT2D eigenvalue weighted by Gasteiger charge is -2.25. The highest BCUT2D eigenvalue weighted by atomic mass is 32.2. The molecule has 0 aliphatic carbocycles. The summed E-state index contributed by atoms with van der Waals surface area (Å²) in [7, 11) is -3.01. The normalized spacial score (nSPS) is 19.2. The zero-order valence-electron chi connectivity index (χ0n) is 14.3. The molecule has 0 spiro atoms. The summed E-state index contributed by atoms with van der Waals surface area (Å²) in [5.74, 6) is -0.198. The minimum Gasteiger partial charge on any atom is -0.372 e. The molecule has 6 nitrogen and oxygen atoms in total. The Kier molecular flexibility index (Phi) is 6.59. The monoisotopic (exact) mass is 361 g/mol. The molecule has 1 aromatic rings. The van der Waals surface area contributed by atoms with Crippen LogP contribution in [0.4, 0.5) is 0 Å². The molecule has 1 atom stereocenters. The summed E-state index contributed by atoms with van der Waals surface area (Å²) < 4.78 is 23.3. The molecule has 0 aromatic heterocycles. The zero-order chi connectivity index (χ0) is 18.3. The Hall–Kier alpha value is -2.33. The van der Waals surface area contributed by atoms with E-state index in [9.17, 15) is 18.5 Å². The van der Waals surface area contributed by atoms with Crippen molar-refractivity contribution in [2.24, 2.45) is 0 Å². The molecule has 134 valence electrons. The lowest BCUT2D eigenvalue weighted by atomic mass is 10.1. The fourth-order valence-corrected chi connectivity index (χ4v) is 4.60. The van der Waals surface area contributed by atoms with Crippen LogP contribution < -0.4 is 5.32 Å². The van der Waals surface area contributed by atoms with Crippen molar-refractivity contribution in [1.29, 1.82) is 5.26 Å². The van der Waals surface area contributed by atoms with Gasteiger partial charge in [-0.05, 0) is 25.3 Å². The van der Waals surface area contributed by atoms with Crippen molar-refractivity contribution in [1.82, 2.24) is 10.2 Å². The first-order valence-electron chi connectivity index (χ1n) is 8.35. The van der Waals surface area contributed by atoms with E-state index in [1.54, 1.807) is 4.90 Å². The van der Waals surface area contributed by atoms with Crippen molar-refractivity contribution < 1.29 is 13.2 Å². The number of carbonyl (C=O) groups is 1. The Bertz CT molecular complexity index is 767. The van der Waals surface area contributed by atoms with Crippen LogP contribution in [0.2, 0.25) is 0 Å². The number of hydrogen-bond acceptors (Lipinski definition) is 5. The number of sulfone groups is 1. The summed E-state index contributed by atoms with van der Waals surface area (Å²) in [5.41, 5.74) is 1.11. The van der Waals surface area contributed by atoms with Crippen LogP contribution in [0, 0.1) is 11.3 Å². The van der Waals surface area contributed by atoms with Gasteiger partial charge in [0.25, 0.3) is 5.91 Å². The predicted octanol–water partition coefficient (Wildman–Crippen LogP) is 1.26. The molecule has 1 N–H and O–H groups in total. The fourth-order valence-electron chi connectivity index (χ4n) is 2.86. The van der Waals surface area contributed by atoms with Gasteiger partial charge < -0.3 is 10.2 Å². The van der Waals surface area contributed by atoms with Crippen LogP contribution >= 0.6 is 0 Å². The van der Waals surface area contributed by atoms with Gasteiger partial charge in [0.2, 0.25) is 0 Å². The van der Waals surface area contributed by atoms with Crippen LogP contribution in [0.1, 0.15) is 18.9 Å². The first-order chi connectivity index (χ1) is 11.9. The maximum atomic E-state index is 12.2. The van der Waals surface area contributed by atoms with Gasteiger partial charge in [0.05, 0.1) is 11.5 Å².